The summed E-state index contributed by atoms with van der Waals surface area (Å²) in [6.07, 6.45) is 4.09. The topological polar surface area (TPSA) is 92.4 Å². The van der Waals surface area contributed by atoms with E-state index in [1.54, 1.807) is 12.1 Å². The molecule has 0 radical (unpaired) electrons. The molecule has 0 aliphatic rings. The molecule has 1 atom stereocenters. The zero-order valence-electron chi connectivity index (χ0n) is 11.9. The number of primary sulfonamides is 1. The Morgan fingerprint density at radius 2 is 1.75 bits per heavy atom. The van der Waals surface area contributed by atoms with Gasteiger partial charge in [-0.2, -0.15) is 0 Å². The lowest BCUT2D eigenvalue weighted by atomic mass is 10.1. The van der Waals surface area contributed by atoms with Crippen LogP contribution in [0.3, 0.4) is 0 Å². The molecule has 0 spiro atoms. The summed E-state index contributed by atoms with van der Waals surface area (Å²) in [5.41, 5.74) is 1.03. The molecule has 0 fully saturated rings. The van der Waals surface area contributed by atoms with Crippen LogP contribution in [0.2, 0.25) is 0 Å². The molecule has 1 rings (SSSR count). The summed E-state index contributed by atoms with van der Waals surface area (Å²) in [4.78, 5) is 0.137. The predicted octanol–water partition coefficient (Wildman–Crippen LogP) is 1.54. The fraction of sp³-hybridized carbons (Fsp3) is 0.571. The summed E-state index contributed by atoms with van der Waals surface area (Å²) in [5.74, 6) is 0. The minimum absolute atomic E-state index is 0.137. The van der Waals surface area contributed by atoms with Gasteiger partial charge in [0.15, 0.2) is 0 Å². The third-order valence-electron chi connectivity index (χ3n) is 3.24. The molecule has 5 nitrogen and oxygen atoms in total. The molecular weight excluding hydrogens is 276 g/mol. The molecule has 0 aliphatic carbocycles. The zero-order chi connectivity index (χ0) is 15.0. The molecular formula is C14H24N2O3S. The Bertz CT molecular complexity index is 486. The van der Waals surface area contributed by atoms with Crippen molar-refractivity contribution in [3.63, 3.8) is 0 Å². The molecule has 1 unspecified atom stereocenters. The maximum absolute atomic E-state index is 11.2. The van der Waals surface area contributed by atoms with Gasteiger partial charge in [-0.25, -0.2) is 13.6 Å². The average Bonchev–Trinajstić information content (AvgIpc) is 2.41. The van der Waals surface area contributed by atoms with Crippen LogP contribution in [0, 0.1) is 0 Å². The summed E-state index contributed by atoms with van der Waals surface area (Å²) in [6, 6.07) is 6.79. The van der Waals surface area contributed by atoms with E-state index in [9.17, 15) is 8.42 Å². The van der Waals surface area contributed by atoms with Gasteiger partial charge in [-0.05, 0) is 44.0 Å². The fourth-order valence-electron chi connectivity index (χ4n) is 1.97. The largest absolute Gasteiger partial charge is 0.396 e. The van der Waals surface area contributed by atoms with Crippen molar-refractivity contribution in [1.29, 1.82) is 0 Å². The van der Waals surface area contributed by atoms with Gasteiger partial charge in [-0.15, -0.1) is 0 Å². The lowest BCUT2D eigenvalue weighted by molar-refractivity contribution is 0.282. The number of hydrogen-bond donors (Lipinski definition) is 3. The van der Waals surface area contributed by atoms with Gasteiger partial charge in [0.1, 0.15) is 0 Å². The van der Waals surface area contributed by atoms with Gasteiger partial charge in [0.2, 0.25) is 10.0 Å². The van der Waals surface area contributed by atoms with E-state index in [-0.39, 0.29) is 17.5 Å². The van der Waals surface area contributed by atoms with Crippen LogP contribution in [0.25, 0.3) is 0 Å². The van der Waals surface area contributed by atoms with Crippen molar-refractivity contribution >= 4 is 10.0 Å². The predicted molar refractivity (Wildman–Crippen MR) is 79.8 cm³/mol. The van der Waals surface area contributed by atoms with Crippen LogP contribution >= 0.6 is 0 Å². The first-order chi connectivity index (χ1) is 9.45. The normalized spacial score (nSPS) is 13.3. The van der Waals surface area contributed by atoms with E-state index in [4.69, 9.17) is 10.2 Å². The van der Waals surface area contributed by atoms with Crippen molar-refractivity contribution in [3.05, 3.63) is 29.8 Å². The molecule has 0 aromatic heterocycles. The van der Waals surface area contributed by atoms with Crippen molar-refractivity contribution in [3.8, 4) is 0 Å². The van der Waals surface area contributed by atoms with Gasteiger partial charge in [-0.1, -0.05) is 25.0 Å². The molecule has 1 aromatic carbocycles. The monoisotopic (exact) mass is 300 g/mol. The summed E-state index contributed by atoms with van der Waals surface area (Å²) < 4.78 is 22.3. The maximum atomic E-state index is 11.2. The Hall–Kier alpha value is -0.950. The van der Waals surface area contributed by atoms with E-state index >= 15 is 0 Å². The second kappa shape index (κ2) is 8.36. The van der Waals surface area contributed by atoms with Gasteiger partial charge in [0.25, 0.3) is 0 Å². The van der Waals surface area contributed by atoms with E-state index < -0.39 is 10.0 Å². The molecule has 6 heteroatoms. The molecule has 0 saturated heterocycles. The number of nitrogens with two attached hydrogens (primary N) is 1. The molecule has 0 aliphatic heterocycles. The minimum Gasteiger partial charge on any atom is -0.396 e. The standard InChI is InChI=1S/C14H24N2O3S/c1-12(16-10-4-2-3-5-11-17)13-6-8-14(9-7-13)20(15,18)19/h6-9,12,16-17H,2-5,10-11H2,1H3,(H2,15,18,19). The smallest absolute Gasteiger partial charge is 0.238 e. The Labute approximate surface area is 121 Å². The number of aliphatic hydroxyl groups excluding tert-OH is 1. The van der Waals surface area contributed by atoms with Gasteiger partial charge in [-0.3, -0.25) is 0 Å². The van der Waals surface area contributed by atoms with Gasteiger partial charge < -0.3 is 10.4 Å². The van der Waals surface area contributed by atoms with Crippen LogP contribution in [0.1, 0.15) is 44.2 Å². The van der Waals surface area contributed by atoms with Crippen LogP contribution in [0.15, 0.2) is 29.2 Å². The van der Waals surface area contributed by atoms with Gasteiger partial charge in [0, 0.05) is 12.6 Å². The highest BCUT2D eigenvalue weighted by Gasteiger charge is 2.09. The summed E-state index contributed by atoms with van der Waals surface area (Å²) >= 11 is 0. The Kier molecular flexibility index (Phi) is 7.15. The van der Waals surface area contributed by atoms with Crippen LogP contribution < -0.4 is 10.5 Å². The molecule has 0 amide bonds. The number of aliphatic hydroxyl groups is 1. The third kappa shape index (κ3) is 6.00. The molecule has 0 saturated carbocycles. The summed E-state index contributed by atoms with van der Waals surface area (Å²) in [5, 5.41) is 17.1. The van der Waals surface area contributed by atoms with E-state index in [0.29, 0.717) is 0 Å². The highest BCUT2D eigenvalue weighted by molar-refractivity contribution is 7.89. The Morgan fingerprint density at radius 3 is 2.30 bits per heavy atom. The molecule has 20 heavy (non-hydrogen) atoms. The second-order valence-electron chi connectivity index (χ2n) is 4.93. The fourth-order valence-corrected chi connectivity index (χ4v) is 2.49. The molecule has 114 valence electrons. The van der Waals surface area contributed by atoms with Crippen molar-refractivity contribution in [2.24, 2.45) is 5.14 Å². The number of hydrogen-bond acceptors (Lipinski definition) is 4. The van der Waals surface area contributed by atoms with Gasteiger partial charge >= 0.3 is 0 Å². The summed E-state index contributed by atoms with van der Waals surface area (Å²) in [6.45, 7) is 3.21. The van der Waals surface area contributed by atoms with Crippen LogP contribution in [-0.4, -0.2) is 26.7 Å². The maximum Gasteiger partial charge on any atom is 0.238 e. The van der Waals surface area contributed by atoms with E-state index in [1.807, 2.05) is 6.92 Å². The van der Waals surface area contributed by atoms with Crippen molar-refractivity contribution in [1.82, 2.24) is 5.32 Å². The van der Waals surface area contributed by atoms with Crippen LogP contribution in [-0.2, 0) is 10.0 Å². The van der Waals surface area contributed by atoms with E-state index in [1.165, 1.54) is 12.1 Å². The molecule has 1 aromatic rings. The van der Waals surface area contributed by atoms with Crippen molar-refractivity contribution < 1.29 is 13.5 Å². The number of unbranched alkanes of at least 4 members (excludes halogenated alkanes) is 3. The minimum atomic E-state index is -3.62. The van der Waals surface area contributed by atoms with Gasteiger partial charge in [0.05, 0.1) is 4.90 Å². The zero-order valence-corrected chi connectivity index (χ0v) is 12.7. The van der Waals surface area contributed by atoms with Crippen LogP contribution in [0.4, 0.5) is 0 Å². The molecule has 0 heterocycles. The van der Waals surface area contributed by atoms with Crippen molar-refractivity contribution in [2.75, 3.05) is 13.2 Å². The SMILES string of the molecule is CC(NCCCCCCO)c1ccc(S(N)(=O)=O)cc1. The molecule has 0 bridgehead atoms. The number of rotatable bonds is 9. The average molecular weight is 300 g/mol. The van der Waals surface area contributed by atoms with E-state index in [2.05, 4.69) is 5.32 Å². The summed E-state index contributed by atoms with van der Waals surface area (Å²) in [7, 11) is -3.62. The first-order valence-electron chi connectivity index (χ1n) is 6.92. The highest BCUT2D eigenvalue weighted by atomic mass is 32.2. The quantitative estimate of drug-likeness (QED) is 0.603. The number of benzene rings is 1. The lowest BCUT2D eigenvalue weighted by Crippen LogP contribution is -2.20. The number of sulfonamides is 1. The molecule has 4 N–H and O–H groups in total. The van der Waals surface area contributed by atoms with Crippen molar-refractivity contribution in [2.45, 2.75) is 43.5 Å². The lowest BCUT2D eigenvalue weighted by Gasteiger charge is -2.14. The third-order valence-corrected chi connectivity index (χ3v) is 4.17. The van der Waals surface area contributed by atoms with Crippen LogP contribution in [0.5, 0.6) is 0 Å². The Balaban J connectivity index is 2.38. The highest BCUT2D eigenvalue weighted by Crippen LogP contribution is 2.15. The number of nitrogens with one attached hydrogen (secondary N) is 1. The second-order valence-corrected chi connectivity index (χ2v) is 6.49. The first-order valence-corrected chi connectivity index (χ1v) is 8.47. The first kappa shape index (κ1) is 17.1. The Morgan fingerprint density at radius 1 is 1.15 bits per heavy atom. The van der Waals surface area contributed by atoms with E-state index in [0.717, 1.165) is 37.8 Å².